The Bertz CT molecular complexity index is 1440. The molecule has 0 saturated heterocycles. The van der Waals surface area contributed by atoms with Crippen LogP contribution in [0.3, 0.4) is 0 Å². The summed E-state index contributed by atoms with van der Waals surface area (Å²) in [7, 11) is 1.95. The molecule has 0 aliphatic carbocycles. The Morgan fingerprint density at radius 1 is 1.09 bits per heavy atom. The van der Waals surface area contributed by atoms with E-state index in [4.69, 9.17) is 5.73 Å². The number of hydrogen-bond donors (Lipinski definition) is 2. The van der Waals surface area contributed by atoms with Crippen LogP contribution in [0.1, 0.15) is 23.1 Å². The molecule has 0 saturated carbocycles. The molecule has 10 heteroatoms. The standard InChI is InChI=1S/C23H21N9O/c1-3-15-12-21(32-20(25-15)13-19(28-32)22(24)33)31(2)16-10-8-14(9-11-16)17-6-4-5-7-18(17)23-26-29-30-27-23/h4-13H,3H2,1-2H3,(H2,24,33)(H,26,27,29,30). The lowest BCUT2D eigenvalue weighted by Crippen LogP contribution is -2.16. The highest BCUT2D eigenvalue weighted by atomic mass is 16.1. The van der Waals surface area contributed by atoms with E-state index in [1.54, 1.807) is 10.6 Å². The molecular formula is C23H21N9O. The fraction of sp³-hybridized carbons (Fsp3) is 0.130. The molecule has 3 heterocycles. The molecule has 5 rings (SSSR count). The number of benzene rings is 2. The number of aromatic nitrogens is 7. The zero-order valence-corrected chi connectivity index (χ0v) is 18.1. The van der Waals surface area contributed by atoms with Gasteiger partial charge in [0, 0.05) is 36.1 Å². The maximum absolute atomic E-state index is 11.7. The number of nitrogens with zero attached hydrogens (tertiary/aromatic N) is 7. The van der Waals surface area contributed by atoms with E-state index >= 15 is 0 Å². The molecule has 0 aliphatic rings. The van der Waals surface area contributed by atoms with E-state index in [1.165, 1.54) is 0 Å². The van der Waals surface area contributed by atoms with E-state index in [-0.39, 0.29) is 5.69 Å². The monoisotopic (exact) mass is 439 g/mol. The number of carbonyl (C=O) groups is 1. The molecule has 33 heavy (non-hydrogen) atoms. The maximum Gasteiger partial charge on any atom is 0.269 e. The predicted octanol–water partition coefficient (Wildman–Crippen LogP) is 3.01. The molecule has 0 spiro atoms. The van der Waals surface area contributed by atoms with Crippen LogP contribution >= 0.6 is 0 Å². The molecular weight excluding hydrogens is 418 g/mol. The van der Waals surface area contributed by atoms with Gasteiger partial charge in [0.15, 0.2) is 11.3 Å². The molecule has 0 fully saturated rings. The predicted molar refractivity (Wildman–Crippen MR) is 124 cm³/mol. The summed E-state index contributed by atoms with van der Waals surface area (Å²) in [5, 5.41) is 18.8. The van der Waals surface area contributed by atoms with E-state index in [9.17, 15) is 4.79 Å². The Balaban J connectivity index is 1.54. The van der Waals surface area contributed by atoms with Crippen LogP contribution in [-0.2, 0) is 6.42 Å². The van der Waals surface area contributed by atoms with Crippen LogP contribution in [0.15, 0.2) is 60.7 Å². The Kier molecular flexibility index (Phi) is 5.02. The van der Waals surface area contributed by atoms with Gasteiger partial charge in [-0.3, -0.25) is 4.79 Å². The highest BCUT2D eigenvalue weighted by Crippen LogP contribution is 2.32. The second-order valence-electron chi connectivity index (χ2n) is 7.51. The first kappa shape index (κ1) is 20.3. The number of aromatic amines is 1. The van der Waals surface area contributed by atoms with Crippen molar-refractivity contribution in [2.45, 2.75) is 13.3 Å². The summed E-state index contributed by atoms with van der Waals surface area (Å²) in [4.78, 5) is 18.2. The van der Waals surface area contributed by atoms with E-state index in [1.807, 2.05) is 73.5 Å². The SMILES string of the molecule is CCc1cc(N(C)c2ccc(-c3ccccc3-c3nn[nH]n3)cc2)n2nc(C(N)=O)cc2n1. The molecule has 164 valence electrons. The van der Waals surface area contributed by atoms with Crippen LogP contribution in [0.5, 0.6) is 0 Å². The summed E-state index contributed by atoms with van der Waals surface area (Å²) >= 11 is 0. The Morgan fingerprint density at radius 3 is 2.52 bits per heavy atom. The lowest BCUT2D eigenvalue weighted by atomic mass is 9.99. The van der Waals surface area contributed by atoms with Crippen molar-refractivity contribution in [2.24, 2.45) is 5.73 Å². The molecule has 0 unspecified atom stereocenters. The quantitative estimate of drug-likeness (QED) is 0.416. The third-order valence-corrected chi connectivity index (χ3v) is 5.50. The number of rotatable bonds is 6. The molecule has 1 amide bonds. The first-order valence-corrected chi connectivity index (χ1v) is 10.4. The number of carbonyl (C=O) groups excluding carboxylic acids is 1. The topological polar surface area (TPSA) is 131 Å². The highest BCUT2D eigenvalue weighted by molar-refractivity contribution is 5.92. The summed E-state index contributed by atoms with van der Waals surface area (Å²) in [5.41, 5.74) is 11.0. The van der Waals surface area contributed by atoms with Crippen molar-refractivity contribution in [1.82, 2.24) is 35.2 Å². The van der Waals surface area contributed by atoms with Crippen molar-refractivity contribution < 1.29 is 4.79 Å². The number of nitrogens with one attached hydrogen (secondary N) is 1. The zero-order chi connectivity index (χ0) is 22.9. The molecule has 0 radical (unpaired) electrons. The van der Waals surface area contributed by atoms with Gasteiger partial charge in [0.2, 0.25) is 5.82 Å². The first-order valence-electron chi connectivity index (χ1n) is 10.4. The molecule has 3 N–H and O–H groups in total. The Hall–Kier alpha value is -4.60. The Labute approximate surface area is 189 Å². The molecule has 5 aromatic rings. The van der Waals surface area contributed by atoms with Crippen LogP contribution < -0.4 is 10.6 Å². The summed E-state index contributed by atoms with van der Waals surface area (Å²) in [6.45, 7) is 2.03. The fourth-order valence-electron chi connectivity index (χ4n) is 3.75. The van der Waals surface area contributed by atoms with Crippen molar-refractivity contribution in [3.8, 4) is 22.5 Å². The number of amides is 1. The molecule has 0 atom stereocenters. The summed E-state index contributed by atoms with van der Waals surface area (Å²) in [6, 6.07) is 19.6. The van der Waals surface area contributed by atoms with Gasteiger partial charge in [0.25, 0.3) is 5.91 Å². The number of tetrazole rings is 1. The van der Waals surface area contributed by atoms with Gasteiger partial charge in [0.1, 0.15) is 5.82 Å². The lowest BCUT2D eigenvalue weighted by Gasteiger charge is -2.21. The van der Waals surface area contributed by atoms with E-state index in [0.717, 1.165) is 40.3 Å². The number of anilines is 2. The Morgan fingerprint density at radius 2 is 1.85 bits per heavy atom. The average molecular weight is 439 g/mol. The van der Waals surface area contributed by atoms with E-state index in [0.29, 0.717) is 11.5 Å². The van der Waals surface area contributed by atoms with Crippen LogP contribution in [0.25, 0.3) is 28.2 Å². The van der Waals surface area contributed by atoms with Crippen LogP contribution in [0, 0.1) is 0 Å². The second-order valence-corrected chi connectivity index (χ2v) is 7.51. The summed E-state index contributed by atoms with van der Waals surface area (Å²) in [6.07, 6.45) is 0.750. The van der Waals surface area contributed by atoms with Gasteiger partial charge in [0.05, 0.1) is 0 Å². The molecule has 0 aliphatic heterocycles. The van der Waals surface area contributed by atoms with Gasteiger partial charge in [-0.25, -0.2) is 4.98 Å². The van der Waals surface area contributed by atoms with Crippen molar-refractivity contribution in [3.05, 3.63) is 72.1 Å². The number of primary amides is 1. The lowest BCUT2D eigenvalue weighted by molar-refractivity contribution is 0.0995. The van der Waals surface area contributed by atoms with E-state index < -0.39 is 5.91 Å². The van der Waals surface area contributed by atoms with Crippen molar-refractivity contribution in [3.63, 3.8) is 0 Å². The summed E-state index contributed by atoms with van der Waals surface area (Å²) in [5.74, 6) is 0.739. The minimum atomic E-state index is -0.586. The third-order valence-electron chi connectivity index (χ3n) is 5.50. The maximum atomic E-state index is 11.7. The number of hydrogen-bond acceptors (Lipinski definition) is 7. The highest BCUT2D eigenvalue weighted by Gasteiger charge is 2.16. The van der Waals surface area contributed by atoms with Crippen LogP contribution in [0.4, 0.5) is 11.5 Å². The van der Waals surface area contributed by atoms with Crippen LogP contribution in [0.2, 0.25) is 0 Å². The molecule has 3 aromatic heterocycles. The number of H-pyrrole nitrogens is 1. The van der Waals surface area contributed by atoms with Gasteiger partial charge in [-0.1, -0.05) is 43.3 Å². The van der Waals surface area contributed by atoms with Crippen molar-refractivity contribution >= 4 is 23.1 Å². The third kappa shape index (κ3) is 3.67. The number of aryl methyl sites for hydroxylation is 1. The van der Waals surface area contributed by atoms with Crippen molar-refractivity contribution in [2.75, 3.05) is 11.9 Å². The minimum Gasteiger partial charge on any atom is -0.364 e. The van der Waals surface area contributed by atoms with Crippen LogP contribution in [-0.4, -0.2) is 48.2 Å². The second kappa shape index (κ2) is 8.15. The molecule has 10 nitrogen and oxygen atoms in total. The normalized spacial score (nSPS) is 11.1. The van der Waals surface area contributed by atoms with Gasteiger partial charge in [-0.15, -0.1) is 10.2 Å². The van der Waals surface area contributed by atoms with Gasteiger partial charge in [-0.05, 0) is 34.9 Å². The molecule has 2 aromatic carbocycles. The first-order chi connectivity index (χ1) is 16.0. The summed E-state index contributed by atoms with van der Waals surface area (Å²) < 4.78 is 1.64. The average Bonchev–Trinajstić information content (AvgIpc) is 3.53. The zero-order valence-electron chi connectivity index (χ0n) is 18.1. The largest absolute Gasteiger partial charge is 0.364 e. The van der Waals surface area contributed by atoms with Gasteiger partial charge in [-0.2, -0.15) is 14.8 Å². The van der Waals surface area contributed by atoms with Gasteiger partial charge >= 0.3 is 0 Å². The molecule has 0 bridgehead atoms. The smallest absolute Gasteiger partial charge is 0.269 e. The minimum absolute atomic E-state index is 0.179. The van der Waals surface area contributed by atoms with Crippen molar-refractivity contribution in [1.29, 1.82) is 0 Å². The number of fused-ring (bicyclic) bond motifs is 1. The number of nitrogens with two attached hydrogens (primary N) is 1. The van der Waals surface area contributed by atoms with Gasteiger partial charge < -0.3 is 10.6 Å². The fourth-order valence-corrected chi connectivity index (χ4v) is 3.75. The van der Waals surface area contributed by atoms with E-state index in [2.05, 4.69) is 30.7 Å².